The molecule has 0 atom stereocenters. The molecule has 2 aromatic heterocycles. The van der Waals surface area contributed by atoms with Crippen LogP contribution in [-0.4, -0.2) is 26.1 Å². The van der Waals surface area contributed by atoms with E-state index >= 15 is 0 Å². The van der Waals surface area contributed by atoms with Crippen LogP contribution < -0.4 is 16.2 Å². The molecule has 0 aliphatic rings. The molecule has 11 heteroatoms. The van der Waals surface area contributed by atoms with Crippen LogP contribution in [0.5, 0.6) is 5.75 Å². The van der Waals surface area contributed by atoms with E-state index in [1.165, 1.54) is 24.3 Å². The Morgan fingerprint density at radius 1 is 0.867 bits per heavy atom. The minimum absolute atomic E-state index is 0.00784. The minimum atomic E-state index is -2.98. The first-order chi connectivity index (χ1) is 14.3. The van der Waals surface area contributed by atoms with Crippen molar-refractivity contribution in [1.29, 1.82) is 0 Å². The molecule has 4 rings (SSSR count). The van der Waals surface area contributed by atoms with Crippen molar-refractivity contribution in [1.82, 2.24) is 19.5 Å². The zero-order chi connectivity index (χ0) is 21.4. The zero-order valence-electron chi connectivity index (χ0n) is 15.1. The van der Waals surface area contributed by atoms with Gasteiger partial charge in [0.2, 0.25) is 5.95 Å². The molecule has 0 bridgehead atoms. The number of halogens is 4. The van der Waals surface area contributed by atoms with Crippen LogP contribution in [0.3, 0.4) is 0 Å². The van der Waals surface area contributed by atoms with Gasteiger partial charge in [0.1, 0.15) is 11.6 Å². The van der Waals surface area contributed by atoms with Gasteiger partial charge in [0.15, 0.2) is 11.6 Å². The number of imidazole rings is 1. The van der Waals surface area contributed by atoms with Gasteiger partial charge in [-0.05, 0) is 29.8 Å². The fraction of sp³-hybridized carbons (Fsp3) is 0.105. The van der Waals surface area contributed by atoms with Gasteiger partial charge in [0.25, 0.3) is 6.43 Å². The van der Waals surface area contributed by atoms with Crippen molar-refractivity contribution < 1.29 is 22.3 Å². The fourth-order valence-corrected chi connectivity index (χ4v) is 3.14. The summed E-state index contributed by atoms with van der Waals surface area (Å²) < 4.78 is 57.9. The molecule has 0 fully saturated rings. The lowest BCUT2D eigenvalue weighted by molar-refractivity contribution is -0.0498. The third kappa shape index (κ3) is 3.45. The summed E-state index contributed by atoms with van der Waals surface area (Å²) in [5.74, 6) is -0.925. The number of ether oxygens (including phenoxy) is 1. The van der Waals surface area contributed by atoms with Gasteiger partial charge in [-0.15, -0.1) is 0 Å². The Morgan fingerprint density at radius 3 is 2.23 bits per heavy atom. The number of para-hydroxylation sites is 2. The van der Waals surface area contributed by atoms with Crippen LogP contribution in [0.1, 0.15) is 12.2 Å². The van der Waals surface area contributed by atoms with Gasteiger partial charge in [-0.3, -0.25) is 4.57 Å². The molecule has 0 saturated heterocycles. The standard InChI is InChI=1S/C19H14F4N6O/c20-14(21)17-26-11-3-1-2-4-12(11)29(17)16-13(15(24)27-19(25)28-16)9-5-7-10(8-6-9)30-18(22)23/h1-8,14,18H,(H4,24,25,27,28). The Bertz CT molecular complexity index is 1210. The first kappa shape index (κ1) is 19.4. The van der Waals surface area contributed by atoms with Crippen molar-refractivity contribution in [2.45, 2.75) is 13.0 Å². The summed E-state index contributed by atoms with van der Waals surface area (Å²) in [6.07, 6.45) is -2.91. The molecule has 4 aromatic rings. The van der Waals surface area contributed by atoms with E-state index in [1.807, 2.05) is 0 Å². The van der Waals surface area contributed by atoms with E-state index in [4.69, 9.17) is 11.5 Å². The molecule has 4 N–H and O–H groups in total. The van der Waals surface area contributed by atoms with Crippen LogP contribution in [0.25, 0.3) is 28.0 Å². The molecule has 7 nitrogen and oxygen atoms in total. The third-order valence-electron chi connectivity index (χ3n) is 4.30. The predicted octanol–water partition coefficient (Wildman–Crippen LogP) is 4.19. The van der Waals surface area contributed by atoms with Crippen molar-refractivity contribution in [3.8, 4) is 22.7 Å². The molecule has 30 heavy (non-hydrogen) atoms. The lowest BCUT2D eigenvalue weighted by Gasteiger charge is -2.15. The molecule has 0 spiro atoms. The summed E-state index contributed by atoms with van der Waals surface area (Å²) in [6.45, 7) is -2.98. The Balaban J connectivity index is 1.97. The van der Waals surface area contributed by atoms with Crippen molar-refractivity contribution in [2.75, 3.05) is 11.5 Å². The summed E-state index contributed by atoms with van der Waals surface area (Å²) in [5.41, 5.74) is 13.1. The molecule has 2 heterocycles. The monoisotopic (exact) mass is 418 g/mol. The van der Waals surface area contributed by atoms with E-state index in [-0.39, 0.29) is 28.9 Å². The summed E-state index contributed by atoms with van der Waals surface area (Å²) in [7, 11) is 0. The molecule has 0 aliphatic heterocycles. The topological polar surface area (TPSA) is 105 Å². The lowest BCUT2D eigenvalue weighted by atomic mass is 10.1. The Labute approximate surface area is 166 Å². The van der Waals surface area contributed by atoms with E-state index in [2.05, 4.69) is 19.7 Å². The van der Waals surface area contributed by atoms with E-state index in [1.54, 1.807) is 24.3 Å². The highest BCUT2D eigenvalue weighted by Crippen LogP contribution is 2.36. The molecule has 0 saturated carbocycles. The van der Waals surface area contributed by atoms with E-state index in [0.29, 0.717) is 16.6 Å². The van der Waals surface area contributed by atoms with Gasteiger partial charge in [0.05, 0.1) is 16.6 Å². The molecule has 154 valence electrons. The van der Waals surface area contributed by atoms with Crippen LogP contribution in [0.15, 0.2) is 48.5 Å². The zero-order valence-corrected chi connectivity index (χ0v) is 15.1. The fourth-order valence-electron chi connectivity index (χ4n) is 3.14. The van der Waals surface area contributed by atoms with Crippen molar-refractivity contribution in [2.24, 2.45) is 0 Å². The average molecular weight is 418 g/mol. The predicted molar refractivity (Wildman–Crippen MR) is 103 cm³/mol. The SMILES string of the molecule is Nc1nc(N)c(-c2ccc(OC(F)F)cc2)c(-n2c(C(F)F)nc3ccccc32)n1. The highest BCUT2D eigenvalue weighted by molar-refractivity contribution is 5.85. The summed E-state index contributed by atoms with van der Waals surface area (Å²) >= 11 is 0. The number of nitrogens with zero attached hydrogens (tertiary/aromatic N) is 4. The maximum Gasteiger partial charge on any atom is 0.387 e. The normalized spacial score (nSPS) is 11.5. The Kier molecular flexibility index (Phi) is 4.86. The van der Waals surface area contributed by atoms with Gasteiger partial charge >= 0.3 is 6.61 Å². The molecule has 0 aliphatic carbocycles. The van der Waals surface area contributed by atoms with Crippen LogP contribution in [0.4, 0.5) is 29.3 Å². The smallest absolute Gasteiger partial charge is 0.387 e. The molecular formula is C19H14F4N6O. The first-order valence-corrected chi connectivity index (χ1v) is 8.59. The number of fused-ring (bicyclic) bond motifs is 1. The number of nitrogen functional groups attached to an aromatic ring is 2. The number of hydrogen-bond acceptors (Lipinski definition) is 6. The van der Waals surface area contributed by atoms with Crippen LogP contribution in [0.2, 0.25) is 0 Å². The lowest BCUT2D eigenvalue weighted by Crippen LogP contribution is -2.11. The van der Waals surface area contributed by atoms with Gasteiger partial charge in [-0.25, -0.2) is 13.8 Å². The summed E-state index contributed by atoms with van der Waals surface area (Å²) in [5, 5.41) is 0. The largest absolute Gasteiger partial charge is 0.435 e. The van der Waals surface area contributed by atoms with Crippen molar-refractivity contribution in [3.05, 3.63) is 54.4 Å². The number of rotatable bonds is 5. The number of benzene rings is 2. The van der Waals surface area contributed by atoms with Gasteiger partial charge in [-0.2, -0.15) is 18.7 Å². The highest BCUT2D eigenvalue weighted by Gasteiger charge is 2.25. The van der Waals surface area contributed by atoms with Gasteiger partial charge in [0, 0.05) is 0 Å². The number of alkyl halides is 4. The first-order valence-electron chi connectivity index (χ1n) is 8.59. The van der Waals surface area contributed by atoms with Crippen molar-refractivity contribution >= 4 is 22.8 Å². The minimum Gasteiger partial charge on any atom is -0.435 e. The van der Waals surface area contributed by atoms with Crippen LogP contribution in [-0.2, 0) is 0 Å². The maximum atomic E-state index is 13.8. The number of aromatic nitrogens is 4. The molecular weight excluding hydrogens is 404 g/mol. The van der Waals surface area contributed by atoms with Crippen molar-refractivity contribution in [3.63, 3.8) is 0 Å². The average Bonchev–Trinajstić information content (AvgIpc) is 3.08. The third-order valence-corrected chi connectivity index (χ3v) is 4.30. The maximum absolute atomic E-state index is 13.8. The molecule has 0 amide bonds. The van der Waals surface area contributed by atoms with E-state index in [9.17, 15) is 17.6 Å². The van der Waals surface area contributed by atoms with E-state index < -0.39 is 18.9 Å². The second-order valence-corrected chi connectivity index (χ2v) is 6.16. The van der Waals surface area contributed by atoms with Gasteiger partial charge < -0.3 is 16.2 Å². The second kappa shape index (κ2) is 7.50. The van der Waals surface area contributed by atoms with Gasteiger partial charge in [-0.1, -0.05) is 24.3 Å². The summed E-state index contributed by atoms with van der Waals surface area (Å²) in [6, 6.07) is 12.0. The Hall–Kier alpha value is -3.89. The highest BCUT2D eigenvalue weighted by atomic mass is 19.3. The van der Waals surface area contributed by atoms with Crippen LogP contribution >= 0.6 is 0 Å². The number of hydrogen-bond donors (Lipinski definition) is 2. The summed E-state index contributed by atoms with van der Waals surface area (Å²) in [4.78, 5) is 12.1. The number of nitrogens with two attached hydrogens (primary N) is 2. The number of anilines is 2. The Morgan fingerprint density at radius 2 is 1.57 bits per heavy atom. The molecule has 2 aromatic carbocycles. The second-order valence-electron chi connectivity index (χ2n) is 6.16. The molecule has 0 unspecified atom stereocenters. The molecule has 0 radical (unpaired) electrons. The quantitative estimate of drug-likeness (QED) is 0.471. The van der Waals surface area contributed by atoms with E-state index in [0.717, 1.165) is 4.57 Å². The van der Waals surface area contributed by atoms with Crippen LogP contribution in [0, 0.1) is 0 Å².